The number of carbonyl (C=O) groups excluding carboxylic acids is 2. The Kier molecular flexibility index (Phi) is 5.80. The number of hydrogen-bond acceptors (Lipinski definition) is 7. The van der Waals surface area contributed by atoms with Gasteiger partial charge in [0.05, 0.1) is 18.8 Å². The van der Waals surface area contributed by atoms with Crippen molar-refractivity contribution in [2.24, 2.45) is 0 Å². The van der Waals surface area contributed by atoms with Gasteiger partial charge in [-0.1, -0.05) is 6.07 Å². The third kappa shape index (κ3) is 4.02. The molecule has 2 aromatic rings. The lowest BCUT2D eigenvalue weighted by Crippen LogP contribution is -2.62. The summed E-state index contributed by atoms with van der Waals surface area (Å²) < 4.78 is 28.1. The second-order valence-electron chi connectivity index (χ2n) is 8.16. The first kappa shape index (κ1) is 22.7. The molecular weight excluding hydrogens is 442 g/mol. The van der Waals surface area contributed by atoms with Crippen molar-refractivity contribution in [1.29, 1.82) is 0 Å². The van der Waals surface area contributed by atoms with Crippen molar-refractivity contribution >= 4 is 11.8 Å². The van der Waals surface area contributed by atoms with Crippen molar-refractivity contribution in [3.63, 3.8) is 0 Å². The predicted octanol–water partition coefficient (Wildman–Crippen LogP) is -0.373. The van der Waals surface area contributed by atoms with E-state index in [1.807, 2.05) is 0 Å². The molecule has 2 bridgehead atoms. The van der Waals surface area contributed by atoms with Crippen LogP contribution >= 0.6 is 0 Å². The minimum absolute atomic E-state index is 0.0113. The third-order valence-corrected chi connectivity index (χ3v) is 5.89. The molecule has 0 radical (unpaired) electrons. The summed E-state index contributed by atoms with van der Waals surface area (Å²) in [7, 11) is 0. The fourth-order valence-electron chi connectivity index (χ4n) is 4.01. The van der Waals surface area contributed by atoms with Crippen LogP contribution in [0.4, 0.5) is 8.78 Å². The van der Waals surface area contributed by atoms with E-state index in [2.05, 4.69) is 5.32 Å². The first-order chi connectivity index (χ1) is 15.6. The molecule has 0 aliphatic carbocycles. The molecule has 3 atom stereocenters. The van der Waals surface area contributed by atoms with Crippen LogP contribution in [-0.4, -0.2) is 68.2 Å². The number of hydrogen-bond donors (Lipinski definition) is 4. The maximum atomic E-state index is 13.8. The van der Waals surface area contributed by atoms with Crippen LogP contribution in [0, 0.1) is 11.6 Å². The van der Waals surface area contributed by atoms with Gasteiger partial charge in [-0.05, 0) is 19.4 Å². The number of amides is 2. The molecule has 2 aliphatic rings. The molecular formula is C21H22F2N4O6. The van der Waals surface area contributed by atoms with E-state index < -0.39 is 58.4 Å². The zero-order chi connectivity index (χ0) is 24.0. The highest BCUT2D eigenvalue weighted by Crippen LogP contribution is 2.26. The topological polar surface area (TPSA) is 135 Å². The number of fused-ring (bicyclic) bond motifs is 4. The Morgan fingerprint density at radius 1 is 1.21 bits per heavy atom. The average Bonchev–Trinajstić information content (AvgIpc) is 2.75. The van der Waals surface area contributed by atoms with Crippen molar-refractivity contribution in [3.8, 4) is 5.75 Å². The molecule has 1 aromatic carbocycles. The van der Waals surface area contributed by atoms with Crippen molar-refractivity contribution in [3.05, 3.63) is 63.1 Å². The van der Waals surface area contributed by atoms with Crippen LogP contribution in [0.3, 0.4) is 0 Å². The molecule has 12 heteroatoms. The van der Waals surface area contributed by atoms with Gasteiger partial charge in [0.15, 0.2) is 11.4 Å². The molecule has 1 fully saturated rings. The van der Waals surface area contributed by atoms with Gasteiger partial charge >= 0.3 is 0 Å². The zero-order valence-corrected chi connectivity index (χ0v) is 17.5. The summed E-state index contributed by atoms with van der Waals surface area (Å²) in [5, 5.41) is 34.7. The number of rotatable bonds is 3. The van der Waals surface area contributed by atoms with E-state index in [1.54, 1.807) is 11.9 Å². The van der Waals surface area contributed by atoms with E-state index >= 15 is 0 Å². The molecule has 2 amide bonds. The molecule has 0 spiro atoms. The summed E-state index contributed by atoms with van der Waals surface area (Å²) in [5.41, 5.74) is -1.97. The van der Waals surface area contributed by atoms with Crippen LogP contribution < -0.4 is 15.8 Å². The smallest absolute Gasteiger partial charge is 0.277 e. The van der Waals surface area contributed by atoms with Gasteiger partial charge in [-0.3, -0.25) is 24.1 Å². The Labute approximate surface area is 186 Å². The number of carbonyl (C=O) groups is 2. The van der Waals surface area contributed by atoms with Crippen LogP contribution in [0.25, 0.3) is 0 Å². The van der Waals surface area contributed by atoms with E-state index in [1.165, 1.54) is 9.58 Å². The molecule has 3 heterocycles. The lowest BCUT2D eigenvalue weighted by molar-refractivity contribution is -0.0212. The van der Waals surface area contributed by atoms with Gasteiger partial charge in [0.2, 0.25) is 5.43 Å². The summed E-state index contributed by atoms with van der Waals surface area (Å²) in [4.78, 5) is 39.5. The molecule has 10 nitrogen and oxygen atoms in total. The summed E-state index contributed by atoms with van der Waals surface area (Å²) in [6, 6.07) is 2.38. The van der Waals surface area contributed by atoms with Gasteiger partial charge in [-0.2, -0.15) is 0 Å². The number of halogens is 2. The van der Waals surface area contributed by atoms with Gasteiger partial charge < -0.3 is 25.5 Å². The maximum absolute atomic E-state index is 13.8. The largest absolute Gasteiger partial charge is 0.502 e. The Morgan fingerprint density at radius 3 is 2.64 bits per heavy atom. The second kappa shape index (κ2) is 8.45. The fourth-order valence-corrected chi connectivity index (χ4v) is 4.01. The molecule has 4 N–H and O–H groups in total. The van der Waals surface area contributed by atoms with Gasteiger partial charge in [0.25, 0.3) is 11.8 Å². The van der Waals surface area contributed by atoms with Crippen molar-refractivity contribution < 1.29 is 33.7 Å². The second-order valence-corrected chi connectivity index (χ2v) is 8.16. The van der Waals surface area contributed by atoms with E-state index in [0.717, 1.165) is 18.3 Å². The first-order valence-electron chi connectivity index (χ1n) is 10.2. The quantitative estimate of drug-likeness (QED) is 0.487. The number of aromatic hydroxyl groups is 1. The van der Waals surface area contributed by atoms with Crippen molar-refractivity contribution in [2.45, 2.75) is 38.1 Å². The summed E-state index contributed by atoms with van der Waals surface area (Å²) in [6.07, 6.45) is -1.08. The maximum Gasteiger partial charge on any atom is 0.277 e. The van der Waals surface area contributed by atoms with Gasteiger partial charge in [-0.15, -0.1) is 0 Å². The summed E-state index contributed by atoms with van der Waals surface area (Å²) >= 11 is 0. The first-order valence-corrected chi connectivity index (χ1v) is 10.2. The predicted molar refractivity (Wildman–Crippen MR) is 110 cm³/mol. The SMILES string of the molecule is C[C@@H]1C[C@H](O)[C@H](O)CN2CN1n1cc(C(=O)NCc3ccc(F)cc3F)c(=O)c(O)c1C2=O. The molecule has 176 valence electrons. The minimum Gasteiger partial charge on any atom is -0.502 e. The van der Waals surface area contributed by atoms with Gasteiger partial charge in [-0.25, -0.2) is 8.78 Å². The monoisotopic (exact) mass is 464 g/mol. The highest BCUT2D eigenvalue weighted by Gasteiger charge is 2.40. The molecule has 1 aromatic heterocycles. The Hall–Kier alpha value is -3.51. The number of nitrogens with zero attached hydrogens (tertiary/aromatic N) is 3. The van der Waals surface area contributed by atoms with Crippen LogP contribution in [0.1, 0.15) is 39.8 Å². The van der Waals surface area contributed by atoms with Crippen molar-refractivity contribution in [1.82, 2.24) is 14.9 Å². The zero-order valence-electron chi connectivity index (χ0n) is 17.5. The highest BCUT2D eigenvalue weighted by atomic mass is 19.1. The normalized spacial score (nSPS) is 22.5. The molecule has 2 aliphatic heterocycles. The highest BCUT2D eigenvalue weighted by molar-refractivity contribution is 5.99. The third-order valence-electron chi connectivity index (χ3n) is 5.89. The molecule has 0 unspecified atom stereocenters. The number of aliphatic hydroxyl groups is 2. The number of nitrogens with one attached hydrogen (secondary N) is 1. The molecule has 33 heavy (non-hydrogen) atoms. The van der Waals surface area contributed by atoms with Crippen LogP contribution in [-0.2, 0) is 6.54 Å². The Morgan fingerprint density at radius 2 is 1.94 bits per heavy atom. The summed E-state index contributed by atoms with van der Waals surface area (Å²) in [5.74, 6) is -4.28. The van der Waals surface area contributed by atoms with E-state index in [-0.39, 0.29) is 37.4 Å². The Bertz CT molecular complexity index is 1190. The fraction of sp³-hybridized carbons (Fsp3) is 0.381. The number of pyridine rings is 1. The lowest BCUT2D eigenvalue weighted by atomic mass is 10.0. The average molecular weight is 464 g/mol. The molecule has 1 saturated heterocycles. The van der Waals surface area contributed by atoms with Crippen molar-refractivity contribution in [2.75, 3.05) is 18.2 Å². The van der Waals surface area contributed by atoms with E-state index in [9.17, 15) is 38.5 Å². The van der Waals surface area contributed by atoms with E-state index in [4.69, 9.17) is 0 Å². The molecule has 4 rings (SSSR count). The number of aliphatic hydroxyl groups excluding tert-OH is 2. The Balaban J connectivity index is 1.69. The minimum atomic E-state index is -1.20. The van der Waals surface area contributed by atoms with Crippen LogP contribution in [0.15, 0.2) is 29.2 Å². The van der Waals surface area contributed by atoms with Crippen LogP contribution in [0.2, 0.25) is 0 Å². The summed E-state index contributed by atoms with van der Waals surface area (Å²) in [6.45, 7) is 1.15. The van der Waals surface area contributed by atoms with Crippen LogP contribution in [0.5, 0.6) is 5.75 Å². The standard InChI is InChI=1S/C21H22F2N4O6/c1-10-4-15(28)16(29)8-25-9-27(10)26-7-13(18(30)19(31)17(26)21(25)33)20(32)24-6-11-2-3-12(22)5-14(11)23/h2-3,5,7,10,15-16,28-29,31H,4,6,8-9H2,1H3,(H,24,32)/t10-,15+,16-/m1/s1. The lowest BCUT2D eigenvalue weighted by Gasteiger charge is -2.46. The van der Waals surface area contributed by atoms with Gasteiger partial charge in [0.1, 0.15) is 23.9 Å². The van der Waals surface area contributed by atoms with E-state index in [0.29, 0.717) is 6.07 Å². The molecule has 0 saturated carbocycles. The van der Waals surface area contributed by atoms with Gasteiger partial charge in [0, 0.05) is 30.4 Å². The number of benzene rings is 1. The number of aromatic nitrogens is 1.